The highest BCUT2D eigenvalue weighted by Gasteiger charge is 2.29. The third-order valence-corrected chi connectivity index (χ3v) is 5.01. The van der Waals surface area contributed by atoms with E-state index in [1.165, 1.54) is 32.4 Å². The molecular formula is C24H24F3NO4. The Labute approximate surface area is 184 Å². The molecule has 0 radical (unpaired) electrons. The van der Waals surface area contributed by atoms with Crippen molar-refractivity contribution >= 4 is 17.6 Å². The number of methoxy groups -OCH3 is 2. The van der Waals surface area contributed by atoms with Crippen LogP contribution in [0.15, 0.2) is 54.6 Å². The normalized spacial score (nSPS) is 15.2. The van der Waals surface area contributed by atoms with Crippen LogP contribution < -0.4 is 9.47 Å². The largest absolute Gasteiger partial charge is 0.493 e. The first-order valence-electron chi connectivity index (χ1n) is 9.98. The summed E-state index contributed by atoms with van der Waals surface area (Å²) in [5.41, 5.74) is 1.14. The van der Waals surface area contributed by atoms with Crippen molar-refractivity contribution in [1.29, 1.82) is 0 Å². The van der Waals surface area contributed by atoms with E-state index in [0.717, 1.165) is 12.1 Å². The van der Waals surface area contributed by atoms with Gasteiger partial charge in [-0.25, -0.2) is 0 Å². The summed E-state index contributed by atoms with van der Waals surface area (Å²) in [5.74, 6) is 0.870. The molecule has 0 aliphatic carbocycles. The van der Waals surface area contributed by atoms with Gasteiger partial charge in [0.2, 0.25) is 5.91 Å². The van der Waals surface area contributed by atoms with Crippen LogP contribution >= 0.6 is 0 Å². The topological polar surface area (TPSA) is 48.0 Å². The van der Waals surface area contributed by atoms with Crippen LogP contribution in [0.4, 0.5) is 13.2 Å². The van der Waals surface area contributed by atoms with Crippen LogP contribution in [0.1, 0.15) is 16.7 Å². The van der Waals surface area contributed by atoms with Gasteiger partial charge in [-0.05, 0) is 41.0 Å². The van der Waals surface area contributed by atoms with Crippen molar-refractivity contribution in [3.05, 3.63) is 71.3 Å². The monoisotopic (exact) mass is 447 g/mol. The number of hydrogen-bond acceptors (Lipinski definition) is 4. The van der Waals surface area contributed by atoms with Gasteiger partial charge in [-0.3, -0.25) is 4.79 Å². The molecule has 3 rings (SSSR count). The number of benzene rings is 2. The number of morpholine rings is 1. The lowest BCUT2D eigenvalue weighted by Crippen LogP contribution is -2.39. The lowest BCUT2D eigenvalue weighted by molar-refractivity contribution is -0.137. The zero-order valence-electron chi connectivity index (χ0n) is 17.8. The summed E-state index contributed by atoms with van der Waals surface area (Å²) in [6.45, 7) is 1.95. The minimum Gasteiger partial charge on any atom is -0.493 e. The number of allylic oxidation sites excluding steroid dienone is 2. The summed E-state index contributed by atoms with van der Waals surface area (Å²) < 4.78 is 54.4. The van der Waals surface area contributed by atoms with E-state index < -0.39 is 11.7 Å². The lowest BCUT2D eigenvalue weighted by Gasteiger charge is -2.26. The third-order valence-electron chi connectivity index (χ3n) is 5.01. The van der Waals surface area contributed by atoms with E-state index in [-0.39, 0.29) is 5.91 Å². The molecule has 1 saturated heterocycles. The van der Waals surface area contributed by atoms with Crippen molar-refractivity contribution in [2.45, 2.75) is 6.18 Å². The molecule has 2 aromatic rings. The van der Waals surface area contributed by atoms with Gasteiger partial charge in [0.05, 0.1) is 33.0 Å². The van der Waals surface area contributed by atoms with Crippen LogP contribution in [0.25, 0.3) is 11.6 Å². The highest BCUT2D eigenvalue weighted by molar-refractivity contribution is 5.98. The van der Waals surface area contributed by atoms with Gasteiger partial charge in [0.1, 0.15) is 0 Å². The number of nitrogens with zero attached hydrogens (tertiary/aromatic N) is 1. The van der Waals surface area contributed by atoms with E-state index >= 15 is 0 Å². The minimum atomic E-state index is -4.39. The first-order chi connectivity index (χ1) is 15.3. The Morgan fingerprint density at radius 3 is 2.25 bits per heavy atom. The molecule has 170 valence electrons. The number of carbonyl (C=O) groups excluding carboxylic acids is 1. The van der Waals surface area contributed by atoms with Crippen LogP contribution in [0.5, 0.6) is 11.5 Å². The Morgan fingerprint density at radius 2 is 1.66 bits per heavy atom. The number of ether oxygens (including phenoxy) is 3. The van der Waals surface area contributed by atoms with Crippen molar-refractivity contribution in [2.75, 3.05) is 40.5 Å². The summed E-state index contributed by atoms with van der Waals surface area (Å²) in [7, 11) is 3.04. The Kier molecular flexibility index (Phi) is 7.58. The molecule has 0 atom stereocenters. The Hall–Kier alpha value is -3.26. The van der Waals surface area contributed by atoms with Crippen molar-refractivity contribution in [3.63, 3.8) is 0 Å². The maximum absolute atomic E-state index is 12.8. The van der Waals surface area contributed by atoms with Gasteiger partial charge in [0.25, 0.3) is 0 Å². The first-order valence-corrected chi connectivity index (χ1v) is 9.98. The van der Waals surface area contributed by atoms with E-state index in [2.05, 4.69) is 0 Å². The molecule has 32 heavy (non-hydrogen) atoms. The summed E-state index contributed by atoms with van der Waals surface area (Å²) in [6.07, 6.45) is 0.474. The SMILES string of the molecule is COc1ccc(C(C=Cc2ccc(C(F)(F)F)cc2)=CC(=O)N2CCOCC2)cc1OC. The molecule has 8 heteroatoms. The van der Waals surface area contributed by atoms with E-state index in [1.807, 2.05) is 0 Å². The number of halogens is 3. The average molecular weight is 447 g/mol. The second-order valence-corrected chi connectivity index (χ2v) is 7.06. The van der Waals surface area contributed by atoms with Crippen LogP contribution in [-0.2, 0) is 15.7 Å². The zero-order chi connectivity index (χ0) is 23.1. The van der Waals surface area contributed by atoms with Gasteiger partial charge in [-0.1, -0.05) is 30.4 Å². The molecule has 0 aromatic heterocycles. The summed E-state index contributed by atoms with van der Waals surface area (Å²) in [5, 5.41) is 0. The van der Waals surface area contributed by atoms with Crippen LogP contribution in [0.3, 0.4) is 0 Å². The molecule has 0 N–H and O–H groups in total. The highest BCUT2D eigenvalue weighted by Crippen LogP contribution is 2.32. The molecule has 1 fully saturated rings. The van der Waals surface area contributed by atoms with Crippen molar-refractivity contribution in [3.8, 4) is 11.5 Å². The van der Waals surface area contributed by atoms with Gasteiger partial charge in [0, 0.05) is 19.2 Å². The molecule has 1 amide bonds. The van der Waals surface area contributed by atoms with E-state index in [1.54, 1.807) is 35.3 Å². The van der Waals surface area contributed by atoms with E-state index in [4.69, 9.17) is 14.2 Å². The first kappa shape index (κ1) is 23.4. The zero-order valence-corrected chi connectivity index (χ0v) is 17.8. The second kappa shape index (κ2) is 10.4. The molecule has 0 saturated carbocycles. The maximum atomic E-state index is 12.8. The average Bonchev–Trinajstić information content (AvgIpc) is 2.81. The van der Waals surface area contributed by atoms with Gasteiger partial charge in [-0.2, -0.15) is 13.2 Å². The smallest absolute Gasteiger partial charge is 0.416 e. The van der Waals surface area contributed by atoms with Crippen LogP contribution in [-0.4, -0.2) is 51.3 Å². The third kappa shape index (κ3) is 5.91. The molecule has 2 aromatic carbocycles. The molecule has 1 aliphatic heterocycles. The predicted octanol–water partition coefficient (Wildman–Crippen LogP) is 4.68. The second-order valence-electron chi connectivity index (χ2n) is 7.06. The fourth-order valence-corrected chi connectivity index (χ4v) is 3.22. The predicted molar refractivity (Wildman–Crippen MR) is 115 cm³/mol. The minimum absolute atomic E-state index is 0.171. The van der Waals surface area contributed by atoms with Crippen molar-refractivity contribution in [2.24, 2.45) is 0 Å². The molecule has 1 aliphatic rings. The highest BCUT2D eigenvalue weighted by atomic mass is 19.4. The number of alkyl halides is 3. The van der Waals surface area contributed by atoms with Gasteiger partial charge < -0.3 is 19.1 Å². The van der Waals surface area contributed by atoms with Crippen LogP contribution in [0.2, 0.25) is 0 Å². The summed E-state index contributed by atoms with van der Waals surface area (Å²) in [6, 6.07) is 10.1. The number of amides is 1. The maximum Gasteiger partial charge on any atom is 0.416 e. The van der Waals surface area contributed by atoms with Crippen molar-refractivity contribution in [1.82, 2.24) is 4.90 Å². The quantitative estimate of drug-likeness (QED) is 0.477. The summed E-state index contributed by atoms with van der Waals surface area (Å²) >= 11 is 0. The van der Waals surface area contributed by atoms with Gasteiger partial charge in [-0.15, -0.1) is 0 Å². The van der Waals surface area contributed by atoms with E-state index in [0.29, 0.717) is 54.5 Å². The van der Waals surface area contributed by atoms with Crippen LogP contribution in [0, 0.1) is 0 Å². The Bertz CT molecular complexity index is 991. The van der Waals surface area contributed by atoms with E-state index in [9.17, 15) is 18.0 Å². The molecule has 1 heterocycles. The molecule has 0 bridgehead atoms. The molecular weight excluding hydrogens is 423 g/mol. The Morgan fingerprint density at radius 1 is 1.00 bits per heavy atom. The fourth-order valence-electron chi connectivity index (χ4n) is 3.22. The number of hydrogen-bond donors (Lipinski definition) is 0. The van der Waals surface area contributed by atoms with Crippen molar-refractivity contribution < 1.29 is 32.2 Å². The standard InChI is InChI=1S/C24H24F3NO4/c1-30-21-10-7-18(15-22(21)31-2)19(16-23(29)28-11-13-32-14-12-28)6-3-17-4-8-20(9-5-17)24(25,26)27/h3-10,15-16H,11-14H2,1-2H3. The molecule has 5 nitrogen and oxygen atoms in total. The van der Waals surface area contributed by atoms with Gasteiger partial charge >= 0.3 is 6.18 Å². The lowest BCUT2D eigenvalue weighted by atomic mass is 10.0. The molecule has 0 unspecified atom stereocenters. The summed E-state index contributed by atoms with van der Waals surface area (Å²) in [4.78, 5) is 14.5. The fraction of sp³-hybridized carbons (Fsp3) is 0.292. The Balaban J connectivity index is 1.94. The van der Waals surface area contributed by atoms with Gasteiger partial charge in [0.15, 0.2) is 11.5 Å². The molecule has 0 spiro atoms. The number of carbonyl (C=O) groups is 1. The number of rotatable bonds is 6.